The topological polar surface area (TPSA) is 54.0 Å². The number of rotatable bonds is 0. The van der Waals surface area contributed by atoms with Gasteiger partial charge in [0.2, 0.25) is 5.91 Å². The van der Waals surface area contributed by atoms with Crippen molar-refractivity contribution in [3.8, 4) is 0 Å². The number of carbonyl (C=O) groups is 1. The van der Waals surface area contributed by atoms with Gasteiger partial charge in [-0.05, 0) is 31.9 Å². The van der Waals surface area contributed by atoms with Gasteiger partial charge in [0.1, 0.15) is 5.82 Å². The SMILES string of the molecule is Cc1ccc2c(n1)NC1CCCCC1C(=O)N2. The molecule has 0 bridgehead atoms. The monoisotopic (exact) mass is 231 g/mol. The fraction of sp³-hybridized carbons (Fsp3) is 0.538. The molecule has 1 aromatic rings. The third-order valence-corrected chi connectivity index (χ3v) is 3.72. The summed E-state index contributed by atoms with van der Waals surface area (Å²) in [6, 6.07) is 4.11. The van der Waals surface area contributed by atoms with Crippen molar-refractivity contribution < 1.29 is 4.79 Å². The largest absolute Gasteiger partial charge is 0.365 e. The van der Waals surface area contributed by atoms with E-state index in [9.17, 15) is 4.79 Å². The predicted molar refractivity (Wildman–Crippen MR) is 67.0 cm³/mol. The molecule has 1 aliphatic heterocycles. The Kier molecular flexibility index (Phi) is 2.50. The van der Waals surface area contributed by atoms with Crippen LogP contribution in [0.2, 0.25) is 0 Å². The van der Waals surface area contributed by atoms with Crippen LogP contribution >= 0.6 is 0 Å². The van der Waals surface area contributed by atoms with Crippen LogP contribution in [0.3, 0.4) is 0 Å². The van der Waals surface area contributed by atoms with E-state index < -0.39 is 0 Å². The fourth-order valence-electron chi connectivity index (χ4n) is 2.79. The van der Waals surface area contributed by atoms with Gasteiger partial charge in [-0.25, -0.2) is 4.98 Å². The Morgan fingerprint density at radius 1 is 1.29 bits per heavy atom. The highest BCUT2D eigenvalue weighted by molar-refractivity contribution is 5.97. The van der Waals surface area contributed by atoms with Crippen molar-refractivity contribution in [1.82, 2.24) is 4.98 Å². The van der Waals surface area contributed by atoms with Crippen molar-refractivity contribution >= 4 is 17.4 Å². The number of carbonyl (C=O) groups excluding carboxylic acids is 1. The van der Waals surface area contributed by atoms with Crippen molar-refractivity contribution in [2.45, 2.75) is 38.6 Å². The number of hydrogen-bond donors (Lipinski definition) is 2. The quantitative estimate of drug-likeness (QED) is 0.720. The molecule has 0 aromatic carbocycles. The molecule has 90 valence electrons. The molecule has 1 saturated carbocycles. The van der Waals surface area contributed by atoms with Crippen LogP contribution in [0.1, 0.15) is 31.4 Å². The highest BCUT2D eigenvalue weighted by Gasteiger charge is 2.34. The standard InChI is InChI=1S/C13H17N3O/c1-8-6-7-11-12(14-8)15-10-5-3-2-4-9(10)13(17)16-11/h6-7,9-10H,2-5H2,1H3,(H,14,15)(H,16,17). The molecular weight excluding hydrogens is 214 g/mol. The van der Waals surface area contributed by atoms with Crippen molar-refractivity contribution in [3.05, 3.63) is 17.8 Å². The Balaban J connectivity index is 1.98. The zero-order valence-corrected chi connectivity index (χ0v) is 9.99. The molecule has 17 heavy (non-hydrogen) atoms. The Morgan fingerprint density at radius 3 is 3.00 bits per heavy atom. The van der Waals surface area contributed by atoms with Gasteiger partial charge in [-0.15, -0.1) is 0 Å². The number of nitrogens with zero attached hydrogens (tertiary/aromatic N) is 1. The Hall–Kier alpha value is -1.58. The summed E-state index contributed by atoms with van der Waals surface area (Å²) in [7, 11) is 0. The number of aromatic nitrogens is 1. The molecule has 2 aliphatic rings. The minimum Gasteiger partial charge on any atom is -0.365 e. The average Bonchev–Trinajstić information content (AvgIpc) is 2.46. The number of fused-ring (bicyclic) bond motifs is 2. The molecule has 4 heteroatoms. The maximum absolute atomic E-state index is 12.1. The minimum atomic E-state index is 0.0956. The van der Waals surface area contributed by atoms with Crippen LogP contribution in [-0.4, -0.2) is 16.9 Å². The maximum atomic E-state index is 12.1. The number of anilines is 2. The molecular formula is C13H17N3O. The second-order valence-corrected chi connectivity index (χ2v) is 4.98. The first-order valence-electron chi connectivity index (χ1n) is 6.29. The van der Waals surface area contributed by atoms with Crippen LogP contribution in [-0.2, 0) is 4.79 Å². The van der Waals surface area contributed by atoms with E-state index in [1.807, 2.05) is 19.1 Å². The van der Waals surface area contributed by atoms with Gasteiger partial charge in [0.05, 0.1) is 11.6 Å². The summed E-state index contributed by atoms with van der Waals surface area (Å²) < 4.78 is 0. The highest BCUT2D eigenvalue weighted by Crippen LogP contribution is 2.33. The highest BCUT2D eigenvalue weighted by atomic mass is 16.2. The van der Waals surface area contributed by atoms with Crippen LogP contribution in [0.4, 0.5) is 11.5 Å². The summed E-state index contributed by atoms with van der Waals surface area (Å²) >= 11 is 0. The number of aryl methyl sites for hydroxylation is 1. The van der Waals surface area contributed by atoms with E-state index in [2.05, 4.69) is 15.6 Å². The molecule has 1 amide bonds. The van der Waals surface area contributed by atoms with E-state index in [1.54, 1.807) is 0 Å². The summed E-state index contributed by atoms with van der Waals surface area (Å²) in [5.74, 6) is 1.07. The van der Waals surface area contributed by atoms with Crippen LogP contribution in [0.15, 0.2) is 12.1 Å². The lowest BCUT2D eigenvalue weighted by molar-refractivity contribution is -0.120. The van der Waals surface area contributed by atoms with Crippen molar-refractivity contribution in [2.75, 3.05) is 10.6 Å². The number of hydrogen-bond acceptors (Lipinski definition) is 3. The van der Waals surface area contributed by atoms with E-state index in [-0.39, 0.29) is 17.9 Å². The van der Waals surface area contributed by atoms with E-state index in [0.717, 1.165) is 36.5 Å². The normalized spacial score (nSPS) is 27.2. The molecule has 1 aliphatic carbocycles. The second-order valence-electron chi connectivity index (χ2n) is 4.98. The van der Waals surface area contributed by atoms with Gasteiger partial charge < -0.3 is 10.6 Å². The first kappa shape index (κ1) is 10.6. The average molecular weight is 231 g/mol. The van der Waals surface area contributed by atoms with Crippen LogP contribution in [0.5, 0.6) is 0 Å². The lowest BCUT2D eigenvalue weighted by atomic mass is 9.84. The molecule has 0 spiro atoms. The van der Waals surface area contributed by atoms with Crippen molar-refractivity contribution in [2.24, 2.45) is 5.92 Å². The van der Waals surface area contributed by atoms with Gasteiger partial charge in [0, 0.05) is 11.7 Å². The zero-order valence-electron chi connectivity index (χ0n) is 9.99. The Bertz CT molecular complexity index is 458. The number of pyridine rings is 1. The summed E-state index contributed by atoms with van der Waals surface area (Å²) in [5, 5.41) is 6.42. The van der Waals surface area contributed by atoms with Crippen LogP contribution < -0.4 is 10.6 Å². The third-order valence-electron chi connectivity index (χ3n) is 3.72. The molecule has 0 saturated heterocycles. The molecule has 1 fully saturated rings. The van der Waals surface area contributed by atoms with Gasteiger partial charge in [0.25, 0.3) is 0 Å². The molecule has 2 unspecified atom stereocenters. The minimum absolute atomic E-state index is 0.0956. The van der Waals surface area contributed by atoms with Gasteiger partial charge >= 0.3 is 0 Å². The second kappa shape index (κ2) is 4.02. The molecule has 2 N–H and O–H groups in total. The van der Waals surface area contributed by atoms with Crippen molar-refractivity contribution in [3.63, 3.8) is 0 Å². The smallest absolute Gasteiger partial charge is 0.229 e. The van der Waals surface area contributed by atoms with E-state index >= 15 is 0 Å². The lowest BCUT2D eigenvalue weighted by Gasteiger charge is -2.28. The van der Waals surface area contributed by atoms with Gasteiger partial charge in [-0.2, -0.15) is 0 Å². The maximum Gasteiger partial charge on any atom is 0.229 e. The first-order chi connectivity index (χ1) is 8.24. The van der Waals surface area contributed by atoms with E-state index in [4.69, 9.17) is 0 Å². The number of nitrogens with one attached hydrogen (secondary N) is 2. The molecule has 3 rings (SSSR count). The Morgan fingerprint density at radius 2 is 2.12 bits per heavy atom. The molecule has 0 radical (unpaired) electrons. The lowest BCUT2D eigenvalue weighted by Crippen LogP contribution is -2.37. The molecule has 4 nitrogen and oxygen atoms in total. The third kappa shape index (κ3) is 1.88. The van der Waals surface area contributed by atoms with Crippen molar-refractivity contribution in [1.29, 1.82) is 0 Å². The summed E-state index contributed by atoms with van der Waals surface area (Å²) in [6.07, 6.45) is 4.39. The Labute approximate surface area is 101 Å². The zero-order chi connectivity index (χ0) is 11.8. The summed E-state index contributed by atoms with van der Waals surface area (Å²) in [6.45, 7) is 1.97. The molecule has 2 heterocycles. The first-order valence-corrected chi connectivity index (χ1v) is 6.29. The van der Waals surface area contributed by atoms with E-state index in [0.29, 0.717) is 0 Å². The predicted octanol–water partition coefficient (Wildman–Crippen LogP) is 2.31. The van der Waals surface area contributed by atoms with Crippen LogP contribution in [0, 0.1) is 12.8 Å². The van der Waals surface area contributed by atoms with Gasteiger partial charge in [-0.3, -0.25) is 4.79 Å². The number of amides is 1. The fourth-order valence-corrected chi connectivity index (χ4v) is 2.79. The molecule has 2 atom stereocenters. The van der Waals surface area contributed by atoms with Gasteiger partial charge in [-0.1, -0.05) is 12.8 Å². The van der Waals surface area contributed by atoms with Crippen LogP contribution in [0.25, 0.3) is 0 Å². The van der Waals surface area contributed by atoms with Gasteiger partial charge in [0.15, 0.2) is 0 Å². The summed E-state index contributed by atoms with van der Waals surface area (Å²) in [5.41, 5.74) is 1.79. The van der Waals surface area contributed by atoms with E-state index in [1.165, 1.54) is 6.42 Å². The molecule has 1 aromatic heterocycles. The summed E-state index contributed by atoms with van der Waals surface area (Å²) in [4.78, 5) is 16.6.